The second kappa shape index (κ2) is 14.3. The van der Waals surface area contributed by atoms with Crippen molar-refractivity contribution in [2.75, 3.05) is 31.6 Å². The van der Waals surface area contributed by atoms with Crippen LogP contribution in [0, 0.1) is 5.82 Å². The van der Waals surface area contributed by atoms with E-state index in [0.717, 1.165) is 17.7 Å². The first kappa shape index (κ1) is 29.6. The minimum atomic E-state index is -3.91. The van der Waals surface area contributed by atoms with Crippen molar-refractivity contribution in [1.29, 1.82) is 0 Å². The van der Waals surface area contributed by atoms with Crippen molar-refractivity contribution in [3.63, 3.8) is 0 Å². The van der Waals surface area contributed by atoms with Crippen molar-refractivity contribution in [3.05, 3.63) is 90.2 Å². The third-order valence-corrected chi connectivity index (χ3v) is 7.18. The molecule has 2 amide bonds. The van der Waals surface area contributed by atoms with Crippen LogP contribution in [0.25, 0.3) is 0 Å². The van der Waals surface area contributed by atoms with Gasteiger partial charge in [0.15, 0.2) is 6.61 Å². The maximum Gasteiger partial charge on any atom is 0.261 e. The Balaban J connectivity index is 1.64. The molecule has 39 heavy (non-hydrogen) atoms. The van der Waals surface area contributed by atoms with Crippen LogP contribution in [0.5, 0.6) is 5.75 Å². The molecule has 0 heterocycles. The predicted molar refractivity (Wildman–Crippen MR) is 145 cm³/mol. The number of carbonyl (C=O) groups excluding carboxylic acids is 2. The van der Waals surface area contributed by atoms with Gasteiger partial charge in [0.25, 0.3) is 15.9 Å². The van der Waals surface area contributed by atoms with E-state index in [2.05, 4.69) is 10.0 Å². The average molecular weight is 558 g/mol. The van der Waals surface area contributed by atoms with Crippen LogP contribution in [0.15, 0.2) is 83.8 Å². The molecule has 208 valence electrons. The SMILES string of the molecule is COCCCNC(=O)[C@H](C)N(Cc1ccccc1)C(=O)COc1ccc(S(=O)(=O)Nc2ccc(F)cc2)cc1. The second-order valence-corrected chi connectivity index (χ2v) is 10.4. The van der Waals surface area contributed by atoms with Crippen LogP contribution in [0.1, 0.15) is 18.9 Å². The highest BCUT2D eigenvalue weighted by Crippen LogP contribution is 2.20. The number of sulfonamides is 1. The second-order valence-electron chi connectivity index (χ2n) is 8.69. The van der Waals surface area contributed by atoms with Gasteiger partial charge in [-0.1, -0.05) is 30.3 Å². The van der Waals surface area contributed by atoms with Crippen LogP contribution in [-0.4, -0.2) is 58.0 Å². The van der Waals surface area contributed by atoms with Crippen molar-refractivity contribution in [2.45, 2.75) is 30.8 Å². The number of ether oxygens (including phenoxy) is 2. The summed E-state index contributed by atoms with van der Waals surface area (Å²) in [6, 6.07) is 19.0. The first-order chi connectivity index (χ1) is 18.7. The van der Waals surface area contributed by atoms with Crippen LogP contribution in [0.3, 0.4) is 0 Å². The van der Waals surface area contributed by atoms with Gasteiger partial charge in [-0.3, -0.25) is 14.3 Å². The predicted octanol–water partition coefficient (Wildman–Crippen LogP) is 3.58. The summed E-state index contributed by atoms with van der Waals surface area (Å²) in [5, 5.41) is 2.82. The van der Waals surface area contributed by atoms with Gasteiger partial charge in [0.05, 0.1) is 4.90 Å². The number of hydrogen-bond donors (Lipinski definition) is 2. The summed E-state index contributed by atoms with van der Waals surface area (Å²) in [4.78, 5) is 27.3. The molecule has 11 heteroatoms. The summed E-state index contributed by atoms with van der Waals surface area (Å²) in [7, 11) is -2.32. The van der Waals surface area contributed by atoms with Crippen LogP contribution >= 0.6 is 0 Å². The number of nitrogens with zero attached hydrogens (tertiary/aromatic N) is 1. The normalized spacial score (nSPS) is 11.9. The lowest BCUT2D eigenvalue weighted by molar-refractivity contribution is -0.142. The van der Waals surface area contributed by atoms with Crippen molar-refractivity contribution in [3.8, 4) is 5.75 Å². The number of rotatable bonds is 14. The molecule has 0 aromatic heterocycles. The van der Waals surface area contributed by atoms with E-state index in [-0.39, 0.29) is 35.4 Å². The summed E-state index contributed by atoms with van der Waals surface area (Å²) in [6.07, 6.45) is 0.649. The van der Waals surface area contributed by atoms with Gasteiger partial charge in [0.2, 0.25) is 5.91 Å². The van der Waals surface area contributed by atoms with Crippen LogP contribution in [0.4, 0.5) is 10.1 Å². The van der Waals surface area contributed by atoms with Gasteiger partial charge in [0, 0.05) is 32.5 Å². The summed E-state index contributed by atoms with van der Waals surface area (Å²) in [6.45, 7) is 2.44. The average Bonchev–Trinajstić information content (AvgIpc) is 2.94. The monoisotopic (exact) mass is 557 g/mol. The van der Waals surface area contributed by atoms with Crippen molar-refractivity contribution >= 4 is 27.5 Å². The van der Waals surface area contributed by atoms with E-state index in [1.165, 1.54) is 41.3 Å². The van der Waals surface area contributed by atoms with Crippen molar-refractivity contribution in [1.82, 2.24) is 10.2 Å². The smallest absolute Gasteiger partial charge is 0.261 e. The number of anilines is 1. The number of amides is 2. The molecule has 0 saturated heterocycles. The van der Waals surface area contributed by atoms with E-state index in [4.69, 9.17) is 9.47 Å². The highest BCUT2D eigenvalue weighted by molar-refractivity contribution is 7.92. The molecule has 3 aromatic carbocycles. The summed E-state index contributed by atoms with van der Waals surface area (Å²) >= 11 is 0. The zero-order valence-electron chi connectivity index (χ0n) is 21.8. The van der Waals surface area contributed by atoms with E-state index >= 15 is 0 Å². The van der Waals surface area contributed by atoms with E-state index in [1.807, 2.05) is 30.3 Å². The van der Waals surface area contributed by atoms with Gasteiger partial charge in [-0.25, -0.2) is 12.8 Å². The highest BCUT2D eigenvalue weighted by Gasteiger charge is 2.26. The quantitative estimate of drug-likeness (QED) is 0.293. The molecule has 0 aliphatic carbocycles. The maximum absolute atomic E-state index is 13.2. The first-order valence-electron chi connectivity index (χ1n) is 12.3. The fraction of sp³-hybridized carbons (Fsp3) is 0.286. The molecule has 3 rings (SSSR count). The minimum absolute atomic E-state index is 0.0324. The minimum Gasteiger partial charge on any atom is -0.484 e. The Morgan fingerprint density at radius 1 is 0.974 bits per heavy atom. The molecular weight excluding hydrogens is 525 g/mol. The molecule has 0 unspecified atom stereocenters. The van der Waals surface area contributed by atoms with Crippen LogP contribution < -0.4 is 14.8 Å². The standard InChI is InChI=1S/C28H32FN3O6S/c1-21(28(34)30-17-6-18-37-2)32(19-22-7-4-3-5-8-22)27(33)20-38-25-13-15-26(16-14-25)39(35,36)31-24-11-9-23(29)10-12-24/h3-5,7-16,21,31H,6,17-20H2,1-2H3,(H,30,34)/t21-/m0/s1. The van der Waals surface area contributed by atoms with E-state index < -0.39 is 27.8 Å². The molecule has 0 radical (unpaired) electrons. The molecule has 0 saturated carbocycles. The summed E-state index contributed by atoms with van der Waals surface area (Å²) in [5.41, 5.74) is 1.07. The molecule has 9 nitrogen and oxygen atoms in total. The fourth-order valence-electron chi connectivity index (χ4n) is 3.61. The molecule has 0 spiro atoms. The highest BCUT2D eigenvalue weighted by atomic mass is 32.2. The van der Waals surface area contributed by atoms with Crippen molar-refractivity contribution in [2.24, 2.45) is 0 Å². The zero-order chi connectivity index (χ0) is 28.3. The number of nitrogens with one attached hydrogen (secondary N) is 2. The van der Waals surface area contributed by atoms with Gasteiger partial charge < -0.3 is 19.7 Å². The van der Waals surface area contributed by atoms with Crippen LogP contribution in [-0.2, 0) is 30.9 Å². The summed E-state index contributed by atoms with van der Waals surface area (Å²) in [5.74, 6) is -0.902. The Morgan fingerprint density at radius 3 is 2.28 bits per heavy atom. The first-order valence-corrected chi connectivity index (χ1v) is 13.8. The molecular formula is C28H32FN3O6S. The van der Waals surface area contributed by atoms with E-state index in [0.29, 0.717) is 19.6 Å². The molecule has 3 aromatic rings. The Labute approximate surface area is 228 Å². The summed E-state index contributed by atoms with van der Waals surface area (Å²) < 4.78 is 51.3. The molecule has 0 aliphatic heterocycles. The lowest BCUT2D eigenvalue weighted by atomic mass is 10.1. The van der Waals surface area contributed by atoms with E-state index in [1.54, 1.807) is 14.0 Å². The largest absolute Gasteiger partial charge is 0.484 e. The molecule has 2 N–H and O–H groups in total. The third-order valence-electron chi connectivity index (χ3n) is 5.78. The van der Waals surface area contributed by atoms with Crippen molar-refractivity contribution < 1.29 is 31.9 Å². The van der Waals surface area contributed by atoms with Gasteiger partial charge in [0.1, 0.15) is 17.6 Å². The molecule has 0 fully saturated rings. The lowest BCUT2D eigenvalue weighted by Gasteiger charge is -2.28. The topological polar surface area (TPSA) is 114 Å². The number of carbonyl (C=O) groups is 2. The van der Waals surface area contributed by atoms with Gasteiger partial charge in [-0.15, -0.1) is 0 Å². The molecule has 0 bridgehead atoms. The Bertz CT molecular complexity index is 1320. The van der Waals surface area contributed by atoms with Gasteiger partial charge in [-0.2, -0.15) is 0 Å². The van der Waals surface area contributed by atoms with E-state index in [9.17, 15) is 22.4 Å². The molecule has 1 atom stereocenters. The number of halogens is 1. The third kappa shape index (κ3) is 9.08. The number of methoxy groups -OCH3 is 1. The van der Waals surface area contributed by atoms with Crippen LogP contribution in [0.2, 0.25) is 0 Å². The Kier molecular flexibility index (Phi) is 10.8. The molecule has 0 aliphatic rings. The maximum atomic E-state index is 13.2. The fourth-order valence-corrected chi connectivity index (χ4v) is 4.67. The zero-order valence-corrected chi connectivity index (χ0v) is 22.6. The Morgan fingerprint density at radius 2 is 1.64 bits per heavy atom. The van der Waals surface area contributed by atoms with Gasteiger partial charge >= 0.3 is 0 Å². The number of benzene rings is 3. The lowest BCUT2D eigenvalue weighted by Crippen LogP contribution is -2.49. The Hall–Kier alpha value is -3.96. The number of hydrogen-bond acceptors (Lipinski definition) is 6. The van der Waals surface area contributed by atoms with Gasteiger partial charge in [-0.05, 0) is 67.4 Å².